The molecule has 1 atom stereocenters. The minimum atomic E-state index is -1.08. The van der Waals surface area contributed by atoms with Crippen molar-refractivity contribution in [3.63, 3.8) is 0 Å². The van der Waals surface area contributed by atoms with Crippen molar-refractivity contribution >= 4 is 41.2 Å². The molecule has 0 unspecified atom stereocenters. The Hall–Kier alpha value is -2.70. The molecule has 6 nitrogen and oxygen atoms in total. The fourth-order valence-corrected chi connectivity index (χ4v) is 3.12. The molecular formula is C22H23Cl2NO5. The van der Waals surface area contributed by atoms with Crippen LogP contribution in [0.25, 0.3) is 6.08 Å². The van der Waals surface area contributed by atoms with Gasteiger partial charge in [0, 0.05) is 21.7 Å². The van der Waals surface area contributed by atoms with Crippen molar-refractivity contribution in [3.05, 3.63) is 63.6 Å². The number of halogens is 2. The Morgan fingerprint density at radius 3 is 2.37 bits per heavy atom. The molecule has 0 spiro atoms. The molecule has 2 aromatic carbocycles. The van der Waals surface area contributed by atoms with E-state index in [0.717, 1.165) is 0 Å². The number of amides is 1. The van der Waals surface area contributed by atoms with E-state index in [1.807, 2.05) is 0 Å². The number of carbonyl (C=O) groups is 2. The number of rotatable bonds is 9. The van der Waals surface area contributed by atoms with Crippen molar-refractivity contribution in [2.75, 3.05) is 7.11 Å². The van der Waals surface area contributed by atoms with Gasteiger partial charge >= 0.3 is 5.97 Å². The zero-order chi connectivity index (χ0) is 22.3. The zero-order valence-corrected chi connectivity index (χ0v) is 18.3. The minimum Gasteiger partial charge on any atom is -0.493 e. The summed E-state index contributed by atoms with van der Waals surface area (Å²) in [4.78, 5) is 23.2. The van der Waals surface area contributed by atoms with Gasteiger partial charge in [-0.3, -0.25) is 4.79 Å². The molecular weight excluding hydrogens is 429 g/mol. The normalized spacial score (nSPS) is 12.1. The second kappa shape index (κ2) is 10.9. The molecule has 0 aliphatic carbocycles. The molecule has 160 valence electrons. The molecule has 0 radical (unpaired) electrons. The third-order valence-electron chi connectivity index (χ3n) is 4.28. The lowest BCUT2D eigenvalue weighted by molar-refractivity contribution is -0.142. The third-order valence-corrected chi connectivity index (χ3v) is 4.99. The van der Waals surface area contributed by atoms with Crippen LogP contribution in [0.15, 0.2) is 42.5 Å². The lowest BCUT2D eigenvalue weighted by atomic mass is 10.0. The number of hydrogen-bond donors (Lipinski definition) is 2. The van der Waals surface area contributed by atoms with Crippen molar-refractivity contribution in [1.82, 2.24) is 5.32 Å². The molecule has 0 aliphatic rings. The Kier molecular flexibility index (Phi) is 8.57. The third kappa shape index (κ3) is 6.40. The summed E-state index contributed by atoms with van der Waals surface area (Å²) < 4.78 is 11.2. The van der Waals surface area contributed by atoms with Gasteiger partial charge in [-0.15, -0.1) is 0 Å². The largest absolute Gasteiger partial charge is 0.493 e. The van der Waals surface area contributed by atoms with Crippen molar-refractivity contribution in [3.8, 4) is 11.5 Å². The molecule has 0 fully saturated rings. The summed E-state index contributed by atoms with van der Waals surface area (Å²) in [7, 11) is 1.50. The number of hydrogen-bond acceptors (Lipinski definition) is 4. The van der Waals surface area contributed by atoms with Crippen LogP contribution < -0.4 is 14.8 Å². The average Bonchev–Trinajstić information content (AvgIpc) is 2.70. The van der Waals surface area contributed by atoms with Crippen LogP contribution in [0.2, 0.25) is 10.0 Å². The lowest BCUT2D eigenvalue weighted by Gasteiger charge is -2.16. The van der Waals surface area contributed by atoms with Gasteiger partial charge in [-0.1, -0.05) is 49.2 Å². The maximum absolute atomic E-state index is 12.0. The predicted octanol–water partition coefficient (Wildman–Crippen LogP) is 4.82. The maximum Gasteiger partial charge on any atom is 0.326 e. The van der Waals surface area contributed by atoms with Crippen LogP contribution in [0.5, 0.6) is 11.5 Å². The summed E-state index contributed by atoms with van der Waals surface area (Å²) >= 11 is 12.3. The molecule has 0 aromatic heterocycles. The van der Waals surface area contributed by atoms with Crippen LogP contribution in [-0.4, -0.2) is 30.1 Å². The van der Waals surface area contributed by atoms with Gasteiger partial charge in [0.1, 0.15) is 12.6 Å². The Labute approximate surface area is 185 Å². The van der Waals surface area contributed by atoms with Crippen molar-refractivity contribution in [2.24, 2.45) is 5.92 Å². The van der Waals surface area contributed by atoms with Crippen molar-refractivity contribution in [2.45, 2.75) is 26.5 Å². The highest BCUT2D eigenvalue weighted by atomic mass is 35.5. The fraction of sp³-hybridized carbons (Fsp3) is 0.273. The second-order valence-electron chi connectivity index (χ2n) is 6.80. The van der Waals surface area contributed by atoms with E-state index in [2.05, 4.69) is 5.32 Å². The van der Waals surface area contributed by atoms with E-state index in [1.165, 1.54) is 13.2 Å². The number of methoxy groups -OCH3 is 1. The number of ether oxygens (including phenoxy) is 2. The second-order valence-corrected chi connectivity index (χ2v) is 7.62. The van der Waals surface area contributed by atoms with E-state index in [0.29, 0.717) is 32.7 Å². The highest BCUT2D eigenvalue weighted by Gasteiger charge is 2.22. The summed E-state index contributed by atoms with van der Waals surface area (Å²) in [5, 5.41) is 12.6. The molecule has 30 heavy (non-hydrogen) atoms. The van der Waals surface area contributed by atoms with Crippen LogP contribution >= 0.6 is 23.2 Å². The monoisotopic (exact) mass is 451 g/mol. The van der Waals surface area contributed by atoms with Gasteiger partial charge in [0.2, 0.25) is 5.91 Å². The van der Waals surface area contributed by atoms with Crippen LogP contribution in [0.1, 0.15) is 25.0 Å². The van der Waals surface area contributed by atoms with Gasteiger partial charge < -0.3 is 19.9 Å². The number of carbonyl (C=O) groups excluding carboxylic acids is 1. The molecule has 0 saturated heterocycles. The average molecular weight is 452 g/mol. The van der Waals surface area contributed by atoms with Crippen molar-refractivity contribution in [1.29, 1.82) is 0 Å². The summed E-state index contributed by atoms with van der Waals surface area (Å²) in [5.74, 6) is -0.854. The van der Waals surface area contributed by atoms with E-state index in [-0.39, 0.29) is 12.5 Å². The molecule has 0 bridgehead atoms. The number of carboxylic acid groups (broad SMARTS) is 1. The summed E-state index contributed by atoms with van der Waals surface area (Å²) in [6, 6.07) is 9.41. The van der Waals surface area contributed by atoms with E-state index in [9.17, 15) is 9.59 Å². The molecule has 0 saturated carbocycles. The molecule has 1 amide bonds. The highest BCUT2D eigenvalue weighted by Crippen LogP contribution is 2.31. The van der Waals surface area contributed by atoms with Gasteiger partial charge in [-0.05, 0) is 41.8 Å². The minimum absolute atomic E-state index is 0.165. The number of aliphatic carboxylic acids is 1. The molecule has 2 N–H and O–H groups in total. The summed E-state index contributed by atoms with van der Waals surface area (Å²) in [6.45, 7) is 3.61. The lowest BCUT2D eigenvalue weighted by Crippen LogP contribution is -2.43. The van der Waals surface area contributed by atoms with Crippen LogP contribution in [-0.2, 0) is 16.2 Å². The molecule has 0 aliphatic heterocycles. The Morgan fingerprint density at radius 1 is 1.13 bits per heavy atom. The molecule has 0 heterocycles. The molecule has 2 aromatic rings. The SMILES string of the molecule is COc1cc(/C=C/C(=O)N[C@@H](C(=O)O)C(C)C)ccc1OCc1c(Cl)cccc1Cl. The Bertz CT molecular complexity index is 923. The Balaban J connectivity index is 2.09. The first-order chi connectivity index (χ1) is 14.2. The highest BCUT2D eigenvalue weighted by molar-refractivity contribution is 6.35. The summed E-state index contributed by atoms with van der Waals surface area (Å²) in [6.07, 6.45) is 2.84. The van der Waals surface area contributed by atoms with Gasteiger partial charge in [-0.2, -0.15) is 0 Å². The first-order valence-electron chi connectivity index (χ1n) is 9.18. The van der Waals surface area contributed by atoms with E-state index in [4.69, 9.17) is 37.8 Å². The first kappa shape index (κ1) is 23.6. The van der Waals surface area contributed by atoms with Crippen molar-refractivity contribution < 1.29 is 24.2 Å². The standard InChI is InChI=1S/C22H23Cl2NO5/c1-13(2)21(22(27)28)25-20(26)10-8-14-7-9-18(19(11-14)29-3)30-12-15-16(23)5-4-6-17(15)24/h4-11,13,21H,12H2,1-3H3,(H,25,26)(H,27,28)/b10-8+/t21-/m1/s1. The zero-order valence-electron chi connectivity index (χ0n) is 16.8. The number of nitrogens with one attached hydrogen (secondary N) is 1. The van der Waals surface area contributed by atoms with Gasteiger partial charge in [0.25, 0.3) is 0 Å². The van der Waals surface area contributed by atoms with Crippen LogP contribution in [0.4, 0.5) is 0 Å². The maximum atomic E-state index is 12.0. The molecule has 2 rings (SSSR count). The van der Waals surface area contributed by atoms with E-state index in [1.54, 1.807) is 56.3 Å². The Morgan fingerprint density at radius 2 is 1.80 bits per heavy atom. The quantitative estimate of drug-likeness (QED) is 0.533. The van der Waals surface area contributed by atoms with E-state index >= 15 is 0 Å². The fourth-order valence-electron chi connectivity index (χ4n) is 2.61. The van der Waals surface area contributed by atoms with E-state index < -0.39 is 17.9 Å². The molecule has 8 heteroatoms. The van der Waals surface area contributed by atoms with Gasteiger partial charge in [-0.25, -0.2) is 4.79 Å². The first-order valence-corrected chi connectivity index (χ1v) is 9.93. The van der Waals surface area contributed by atoms with Crippen LogP contribution in [0, 0.1) is 5.92 Å². The van der Waals surface area contributed by atoms with Crippen LogP contribution in [0.3, 0.4) is 0 Å². The number of carboxylic acids is 1. The van der Waals surface area contributed by atoms with Gasteiger partial charge in [0.15, 0.2) is 11.5 Å². The number of benzene rings is 2. The topological polar surface area (TPSA) is 84.9 Å². The van der Waals surface area contributed by atoms with Gasteiger partial charge in [0.05, 0.1) is 7.11 Å². The predicted molar refractivity (Wildman–Crippen MR) is 117 cm³/mol. The summed E-state index contributed by atoms with van der Waals surface area (Å²) in [5.41, 5.74) is 1.35. The smallest absolute Gasteiger partial charge is 0.326 e.